The zero-order chi connectivity index (χ0) is 20.1. The highest BCUT2D eigenvalue weighted by Crippen LogP contribution is 2.39. The lowest BCUT2D eigenvalue weighted by atomic mass is 9.84. The van der Waals surface area contributed by atoms with Crippen molar-refractivity contribution in [2.24, 2.45) is 16.2 Å². The Balaban J connectivity index is 1.68. The largest absolute Gasteiger partial charge is 0.380 e. The van der Waals surface area contributed by atoms with Crippen molar-refractivity contribution < 1.29 is 28.4 Å². The highest BCUT2D eigenvalue weighted by molar-refractivity contribution is 4.88. The van der Waals surface area contributed by atoms with E-state index in [0.29, 0.717) is 19.8 Å². The van der Waals surface area contributed by atoms with Crippen molar-refractivity contribution in [1.82, 2.24) is 0 Å². The summed E-state index contributed by atoms with van der Waals surface area (Å²) < 4.78 is 35.9. The summed E-state index contributed by atoms with van der Waals surface area (Å²) >= 11 is 0. The third kappa shape index (κ3) is 4.73. The third-order valence-electron chi connectivity index (χ3n) is 7.05. The molecule has 3 aliphatic heterocycles. The van der Waals surface area contributed by atoms with Crippen molar-refractivity contribution in [2.75, 3.05) is 59.5 Å². The molecule has 28 heavy (non-hydrogen) atoms. The van der Waals surface area contributed by atoms with Crippen LogP contribution in [0.4, 0.5) is 0 Å². The zero-order valence-corrected chi connectivity index (χ0v) is 18.3. The van der Waals surface area contributed by atoms with Gasteiger partial charge in [-0.15, -0.1) is 0 Å². The maximum atomic E-state index is 6.48. The molecule has 0 unspecified atom stereocenters. The van der Waals surface area contributed by atoms with Crippen LogP contribution >= 0.6 is 0 Å². The van der Waals surface area contributed by atoms with Gasteiger partial charge >= 0.3 is 0 Å². The maximum Gasteiger partial charge on any atom is 0.282 e. The first-order valence-corrected chi connectivity index (χ1v) is 11.1. The van der Waals surface area contributed by atoms with E-state index in [1.54, 1.807) is 0 Å². The summed E-state index contributed by atoms with van der Waals surface area (Å²) in [4.78, 5) is 0. The quantitative estimate of drug-likeness (QED) is 0.414. The SMILES string of the molecule is CCCC(OCC1(CC)COC1)(OCC1(CC)COC1)OCC1(CC)COC1. The molecule has 0 aromatic carbocycles. The molecule has 6 heteroatoms. The Labute approximate surface area is 170 Å². The van der Waals surface area contributed by atoms with Crippen molar-refractivity contribution in [2.45, 2.75) is 65.8 Å². The second-order valence-electron chi connectivity index (χ2n) is 9.34. The smallest absolute Gasteiger partial charge is 0.282 e. The molecule has 164 valence electrons. The second kappa shape index (κ2) is 9.27. The van der Waals surface area contributed by atoms with E-state index < -0.39 is 5.97 Å². The maximum absolute atomic E-state index is 6.48. The van der Waals surface area contributed by atoms with E-state index in [0.717, 1.165) is 71.7 Å². The Morgan fingerprint density at radius 3 is 1.11 bits per heavy atom. The average Bonchev–Trinajstić information content (AvgIpc) is 2.60. The van der Waals surface area contributed by atoms with Crippen molar-refractivity contribution in [3.63, 3.8) is 0 Å². The molecule has 0 aliphatic carbocycles. The van der Waals surface area contributed by atoms with Crippen LogP contribution in [0.25, 0.3) is 0 Å². The Hall–Kier alpha value is -0.240. The number of hydrogen-bond acceptors (Lipinski definition) is 6. The summed E-state index contributed by atoms with van der Waals surface area (Å²) in [6, 6.07) is 0. The molecule has 0 bridgehead atoms. The van der Waals surface area contributed by atoms with Crippen LogP contribution in [0.5, 0.6) is 0 Å². The molecule has 3 fully saturated rings. The van der Waals surface area contributed by atoms with Crippen molar-refractivity contribution in [3.8, 4) is 0 Å². The molecule has 3 aliphatic rings. The molecule has 0 N–H and O–H groups in total. The average molecular weight is 401 g/mol. The monoisotopic (exact) mass is 400 g/mol. The van der Waals surface area contributed by atoms with E-state index in [1.807, 2.05) is 0 Å². The topological polar surface area (TPSA) is 55.4 Å². The van der Waals surface area contributed by atoms with Gasteiger partial charge in [-0.05, 0) is 25.7 Å². The lowest BCUT2D eigenvalue weighted by Gasteiger charge is -2.48. The van der Waals surface area contributed by atoms with Gasteiger partial charge in [0.1, 0.15) is 0 Å². The number of rotatable bonds is 14. The Bertz CT molecular complexity index is 400. The van der Waals surface area contributed by atoms with Gasteiger partial charge in [0.2, 0.25) is 0 Å². The van der Waals surface area contributed by atoms with E-state index in [2.05, 4.69) is 27.7 Å². The van der Waals surface area contributed by atoms with Crippen LogP contribution in [-0.4, -0.2) is 65.4 Å². The second-order valence-corrected chi connectivity index (χ2v) is 9.34. The molecule has 3 heterocycles. The first-order chi connectivity index (χ1) is 13.5. The van der Waals surface area contributed by atoms with Crippen LogP contribution in [0.15, 0.2) is 0 Å². The molecular formula is C22H40O6. The zero-order valence-electron chi connectivity index (χ0n) is 18.3. The summed E-state index contributed by atoms with van der Waals surface area (Å²) in [6.07, 6.45) is 4.76. The van der Waals surface area contributed by atoms with Crippen LogP contribution in [0, 0.1) is 16.2 Å². The molecule has 0 amide bonds. The normalized spacial score (nSPS) is 24.9. The fourth-order valence-corrected chi connectivity index (χ4v) is 3.78. The summed E-state index contributed by atoms with van der Waals surface area (Å²) in [6.45, 7) is 15.1. The number of ether oxygens (including phenoxy) is 6. The van der Waals surface area contributed by atoms with Crippen molar-refractivity contribution >= 4 is 0 Å². The van der Waals surface area contributed by atoms with E-state index in [1.165, 1.54) is 0 Å². The predicted molar refractivity (Wildman–Crippen MR) is 106 cm³/mol. The van der Waals surface area contributed by atoms with Gasteiger partial charge in [-0.25, -0.2) is 0 Å². The molecule has 6 nitrogen and oxygen atoms in total. The summed E-state index contributed by atoms with van der Waals surface area (Å²) in [5, 5.41) is 0. The van der Waals surface area contributed by atoms with E-state index in [9.17, 15) is 0 Å². The minimum Gasteiger partial charge on any atom is -0.380 e. The molecule has 3 saturated heterocycles. The highest BCUT2D eigenvalue weighted by atomic mass is 16.9. The van der Waals surface area contributed by atoms with Crippen LogP contribution in [0.1, 0.15) is 59.8 Å². The molecule has 0 aromatic rings. The van der Waals surface area contributed by atoms with Gasteiger partial charge < -0.3 is 28.4 Å². The molecular weight excluding hydrogens is 360 g/mol. The molecule has 0 radical (unpaired) electrons. The molecule has 0 aromatic heterocycles. The van der Waals surface area contributed by atoms with Crippen molar-refractivity contribution in [1.29, 1.82) is 0 Å². The minimum absolute atomic E-state index is 0.0930. The lowest BCUT2D eigenvalue weighted by molar-refractivity contribution is -0.414. The van der Waals surface area contributed by atoms with E-state index in [4.69, 9.17) is 28.4 Å². The fourth-order valence-electron chi connectivity index (χ4n) is 3.78. The van der Waals surface area contributed by atoms with Crippen molar-refractivity contribution in [3.05, 3.63) is 0 Å². The van der Waals surface area contributed by atoms with Gasteiger partial charge in [0, 0.05) is 22.7 Å². The minimum atomic E-state index is -0.998. The van der Waals surface area contributed by atoms with Crippen LogP contribution in [-0.2, 0) is 28.4 Å². The first-order valence-electron chi connectivity index (χ1n) is 11.1. The van der Waals surface area contributed by atoms with Gasteiger partial charge in [-0.3, -0.25) is 0 Å². The summed E-state index contributed by atoms with van der Waals surface area (Å²) in [7, 11) is 0. The molecule has 3 rings (SSSR count). The van der Waals surface area contributed by atoms with Gasteiger partial charge in [0.05, 0.1) is 59.5 Å². The van der Waals surface area contributed by atoms with Gasteiger partial charge in [0.25, 0.3) is 5.97 Å². The van der Waals surface area contributed by atoms with Crippen LogP contribution in [0.2, 0.25) is 0 Å². The Morgan fingerprint density at radius 2 is 0.929 bits per heavy atom. The van der Waals surface area contributed by atoms with Crippen LogP contribution < -0.4 is 0 Å². The van der Waals surface area contributed by atoms with Gasteiger partial charge in [-0.1, -0.05) is 27.7 Å². The Kier molecular flexibility index (Phi) is 7.43. The summed E-state index contributed by atoms with van der Waals surface area (Å²) in [5.41, 5.74) is 0.279. The molecule has 0 atom stereocenters. The first kappa shape index (κ1) is 22.4. The van der Waals surface area contributed by atoms with E-state index >= 15 is 0 Å². The predicted octanol–water partition coefficient (Wildman–Crippen LogP) is 3.77. The van der Waals surface area contributed by atoms with E-state index in [-0.39, 0.29) is 16.2 Å². The summed E-state index contributed by atoms with van der Waals surface area (Å²) in [5.74, 6) is -0.998. The highest BCUT2D eigenvalue weighted by Gasteiger charge is 2.47. The van der Waals surface area contributed by atoms with Crippen LogP contribution in [0.3, 0.4) is 0 Å². The molecule has 0 saturated carbocycles. The number of hydrogen-bond donors (Lipinski definition) is 0. The van der Waals surface area contributed by atoms with Gasteiger partial charge in [-0.2, -0.15) is 0 Å². The lowest BCUT2D eigenvalue weighted by Crippen LogP contribution is -2.55. The third-order valence-corrected chi connectivity index (χ3v) is 7.05. The fraction of sp³-hybridized carbons (Fsp3) is 1.00. The molecule has 0 spiro atoms. The Morgan fingerprint density at radius 1 is 0.607 bits per heavy atom. The standard InChI is InChI=1S/C22H40O6/c1-5-9-22(26-16-19(6-2)10-23-11-19,27-17-20(7-3)12-24-13-20)28-18-21(8-4)14-25-15-21/h5-18H2,1-4H3. The van der Waals surface area contributed by atoms with Gasteiger partial charge in [0.15, 0.2) is 0 Å².